The van der Waals surface area contributed by atoms with E-state index in [1.807, 2.05) is 36.4 Å². The monoisotopic (exact) mass is 309 g/mol. The molecule has 2 aliphatic rings. The van der Waals surface area contributed by atoms with Crippen molar-refractivity contribution in [2.24, 2.45) is 4.99 Å². The fourth-order valence-corrected chi connectivity index (χ4v) is 2.56. The lowest BCUT2D eigenvalue weighted by Gasteiger charge is -2.23. The number of aliphatic imine (C=N–C) groups is 1. The van der Waals surface area contributed by atoms with Gasteiger partial charge in [-0.25, -0.2) is 15.4 Å². The van der Waals surface area contributed by atoms with Crippen molar-refractivity contribution < 1.29 is 0 Å². The molecule has 0 spiro atoms. The van der Waals surface area contributed by atoms with Gasteiger partial charge >= 0.3 is 0 Å². The summed E-state index contributed by atoms with van der Waals surface area (Å²) < 4.78 is 1.01. The molecule has 0 amide bonds. The molecular formula is C12H9BrClN3. The smallest absolute Gasteiger partial charge is 0.146 e. The van der Waals surface area contributed by atoms with Crippen LogP contribution in [0.4, 0.5) is 0 Å². The maximum absolute atomic E-state index is 6.20. The standard InChI is InChI=1S/C12H9BrClN3/c13-9-4-2-1-3-8(9)10-7-11(14)17-12(16-10)5-6-15-17/h1-5,7,15H,6H2. The van der Waals surface area contributed by atoms with E-state index >= 15 is 0 Å². The lowest BCUT2D eigenvalue weighted by atomic mass is 10.1. The van der Waals surface area contributed by atoms with E-state index in [0.29, 0.717) is 5.16 Å². The van der Waals surface area contributed by atoms with E-state index in [2.05, 4.69) is 26.3 Å². The highest BCUT2D eigenvalue weighted by Gasteiger charge is 2.23. The Morgan fingerprint density at radius 1 is 1.35 bits per heavy atom. The summed E-state index contributed by atoms with van der Waals surface area (Å²) >= 11 is 9.72. The van der Waals surface area contributed by atoms with Crippen LogP contribution in [0.3, 0.4) is 0 Å². The molecule has 2 aliphatic heterocycles. The Morgan fingerprint density at radius 3 is 3.00 bits per heavy atom. The van der Waals surface area contributed by atoms with Crippen LogP contribution < -0.4 is 5.43 Å². The van der Waals surface area contributed by atoms with E-state index < -0.39 is 0 Å². The normalized spacial score (nSPS) is 18.5. The molecule has 1 N–H and O–H groups in total. The van der Waals surface area contributed by atoms with E-state index in [1.54, 1.807) is 5.01 Å². The number of benzene rings is 1. The molecular weight excluding hydrogens is 302 g/mol. The van der Waals surface area contributed by atoms with Crippen LogP contribution in [-0.2, 0) is 0 Å². The van der Waals surface area contributed by atoms with Crippen molar-refractivity contribution in [1.82, 2.24) is 10.4 Å². The number of hydrogen-bond donors (Lipinski definition) is 1. The van der Waals surface area contributed by atoms with Crippen molar-refractivity contribution in [3.63, 3.8) is 0 Å². The van der Waals surface area contributed by atoms with E-state index in [-0.39, 0.29) is 0 Å². The van der Waals surface area contributed by atoms with Gasteiger partial charge in [0.15, 0.2) is 0 Å². The first-order valence-electron chi connectivity index (χ1n) is 5.20. The molecule has 17 heavy (non-hydrogen) atoms. The average Bonchev–Trinajstić information content (AvgIpc) is 2.78. The first kappa shape index (κ1) is 11.0. The first-order valence-corrected chi connectivity index (χ1v) is 6.37. The largest absolute Gasteiger partial charge is 0.248 e. The van der Waals surface area contributed by atoms with Crippen molar-refractivity contribution in [3.8, 4) is 0 Å². The number of nitrogens with zero attached hydrogens (tertiary/aromatic N) is 2. The third-order valence-corrected chi connectivity index (χ3v) is 3.59. The average molecular weight is 311 g/mol. The summed E-state index contributed by atoms with van der Waals surface area (Å²) in [6.45, 7) is 0.756. The molecule has 0 saturated carbocycles. The highest BCUT2D eigenvalue weighted by Crippen LogP contribution is 2.27. The molecule has 0 atom stereocenters. The van der Waals surface area contributed by atoms with Gasteiger partial charge in [0.25, 0.3) is 0 Å². The van der Waals surface area contributed by atoms with Gasteiger partial charge in [-0.1, -0.05) is 45.7 Å². The number of fused-ring (bicyclic) bond motifs is 1. The molecule has 0 aliphatic carbocycles. The zero-order valence-corrected chi connectivity index (χ0v) is 11.2. The summed E-state index contributed by atoms with van der Waals surface area (Å²) in [5.41, 5.74) is 5.03. The number of hydrazine groups is 1. The minimum atomic E-state index is 0.634. The molecule has 5 heteroatoms. The fourth-order valence-electron chi connectivity index (χ4n) is 1.82. The van der Waals surface area contributed by atoms with E-state index in [1.165, 1.54) is 0 Å². The highest BCUT2D eigenvalue weighted by molar-refractivity contribution is 9.10. The van der Waals surface area contributed by atoms with E-state index in [9.17, 15) is 0 Å². The predicted molar refractivity (Wildman–Crippen MR) is 72.5 cm³/mol. The molecule has 3 rings (SSSR count). The van der Waals surface area contributed by atoms with Crippen LogP contribution >= 0.6 is 27.5 Å². The minimum Gasteiger partial charge on any atom is -0.248 e. The predicted octanol–water partition coefficient (Wildman–Crippen LogP) is 2.99. The molecule has 0 saturated heterocycles. The molecule has 0 radical (unpaired) electrons. The van der Waals surface area contributed by atoms with Crippen molar-refractivity contribution in [2.45, 2.75) is 0 Å². The Morgan fingerprint density at radius 2 is 2.18 bits per heavy atom. The van der Waals surface area contributed by atoms with Gasteiger partial charge in [0, 0.05) is 22.7 Å². The van der Waals surface area contributed by atoms with Crippen molar-refractivity contribution in [3.05, 3.63) is 57.4 Å². The molecule has 0 fully saturated rings. The van der Waals surface area contributed by atoms with Crippen LogP contribution in [0.25, 0.3) is 0 Å². The van der Waals surface area contributed by atoms with Crippen LogP contribution in [0.15, 0.2) is 56.9 Å². The maximum atomic E-state index is 6.20. The first-order chi connectivity index (χ1) is 8.25. The summed E-state index contributed by atoms with van der Waals surface area (Å²) in [6.07, 6.45) is 3.86. The van der Waals surface area contributed by atoms with E-state index in [0.717, 1.165) is 28.1 Å². The van der Waals surface area contributed by atoms with Gasteiger partial charge in [0.1, 0.15) is 11.0 Å². The third-order valence-electron chi connectivity index (χ3n) is 2.62. The second kappa shape index (κ2) is 4.29. The number of allylic oxidation sites excluding steroid dienone is 1. The topological polar surface area (TPSA) is 27.6 Å². The van der Waals surface area contributed by atoms with Gasteiger partial charge in [-0.2, -0.15) is 0 Å². The van der Waals surface area contributed by atoms with Crippen molar-refractivity contribution >= 4 is 33.2 Å². The molecule has 1 aromatic carbocycles. The second-order valence-electron chi connectivity index (χ2n) is 3.70. The Bertz CT molecular complexity index is 563. The number of halogens is 2. The molecule has 2 heterocycles. The van der Waals surface area contributed by atoms with Crippen LogP contribution in [0, 0.1) is 0 Å². The van der Waals surface area contributed by atoms with Crippen LogP contribution in [0.1, 0.15) is 5.56 Å². The zero-order chi connectivity index (χ0) is 11.8. The van der Waals surface area contributed by atoms with Crippen molar-refractivity contribution in [1.29, 1.82) is 0 Å². The minimum absolute atomic E-state index is 0.634. The number of nitrogens with one attached hydrogen (secondary N) is 1. The Labute approximate surface area is 113 Å². The van der Waals surface area contributed by atoms with Gasteiger partial charge in [-0.15, -0.1) is 0 Å². The van der Waals surface area contributed by atoms with Crippen molar-refractivity contribution in [2.75, 3.05) is 6.54 Å². The van der Waals surface area contributed by atoms with Gasteiger partial charge in [0.05, 0.1) is 5.71 Å². The van der Waals surface area contributed by atoms with Crippen LogP contribution in [0.2, 0.25) is 0 Å². The summed E-state index contributed by atoms with van der Waals surface area (Å²) in [4.78, 5) is 4.58. The quantitative estimate of drug-likeness (QED) is 0.808. The second-order valence-corrected chi connectivity index (χ2v) is 4.95. The molecule has 1 aromatic rings. The highest BCUT2D eigenvalue weighted by atomic mass is 79.9. The third kappa shape index (κ3) is 1.92. The summed E-state index contributed by atoms with van der Waals surface area (Å²) in [6, 6.07) is 7.97. The van der Waals surface area contributed by atoms with Gasteiger partial charge in [-0.3, -0.25) is 0 Å². The SMILES string of the molecule is ClC1=CC(c2ccccc2Br)=NC2=CCNN12. The summed E-state index contributed by atoms with van der Waals surface area (Å²) in [5.74, 6) is 0.850. The molecule has 3 nitrogen and oxygen atoms in total. The van der Waals surface area contributed by atoms with Gasteiger partial charge in [0.2, 0.25) is 0 Å². The number of rotatable bonds is 1. The Kier molecular flexibility index (Phi) is 2.78. The van der Waals surface area contributed by atoms with Crippen LogP contribution in [0.5, 0.6) is 0 Å². The lowest BCUT2D eigenvalue weighted by molar-refractivity contribution is 0.371. The van der Waals surface area contributed by atoms with Gasteiger partial charge < -0.3 is 0 Å². The molecule has 0 aromatic heterocycles. The van der Waals surface area contributed by atoms with E-state index in [4.69, 9.17) is 11.6 Å². The van der Waals surface area contributed by atoms with Crippen LogP contribution in [-0.4, -0.2) is 17.3 Å². The fraction of sp³-hybridized carbons (Fsp3) is 0.0833. The maximum Gasteiger partial charge on any atom is 0.146 e. The summed E-state index contributed by atoms with van der Waals surface area (Å²) in [7, 11) is 0. The molecule has 0 unspecified atom stereocenters. The molecule has 86 valence electrons. The Balaban J connectivity index is 2.08. The number of hydrogen-bond acceptors (Lipinski definition) is 3. The Hall–Kier alpha value is -1.10. The van der Waals surface area contributed by atoms with Gasteiger partial charge in [-0.05, 0) is 12.1 Å². The molecule has 0 bridgehead atoms. The lowest BCUT2D eigenvalue weighted by Crippen LogP contribution is -2.31. The zero-order valence-electron chi connectivity index (χ0n) is 8.82. The summed E-state index contributed by atoms with van der Waals surface area (Å²) in [5, 5.41) is 2.41.